The van der Waals surface area contributed by atoms with E-state index in [9.17, 15) is 38.7 Å². The molecule has 3 fully saturated rings. The minimum Gasteiger partial charge on any atom is -0.480 e. The van der Waals surface area contributed by atoms with Gasteiger partial charge >= 0.3 is 5.97 Å². The average molecular weight is 632 g/mol. The zero-order valence-corrected chi connectivity index (χ0v) is 25.0. The number of nitrogens with one attached hydrogen (secondary N) is 3. The fraction of sp³-hybridized carbons (Fsp3) is 0.643. The van der Waals surface area contributed by atoms with Crippen LogP contribution in [0, 0.1) is 0 Å². The number of nitrogens with zero attached hydrogens (tertiary/aromatic N) is 4. The molecule has 17 heteroatoms. The number of carboxylic acids is 1. The SMILES string of the molecule is NC(=O)CC[C@H](NC(=O)[C@@H]1CCCN1C(=O)[C@@H](N)Cc1cnc[nH]1)C(=O)NCC(=O)N1CCC[C@H]1C(=O)N1CCC[C@H]1C(=O)O. The average Bonchev–Trinajstić information content (AvgIpc) is 3.83. The highest BCUT2D eigenvalue weighted by Gasteiger charge is 2.42. The van der Waals surface area contributed by atoms with Crippen molar-refractivity contribution < 1.29 is 38.7 Å². The quantitative estimate of drug-likeness (QED) is 0.130. The van der Waals surface area contributed by atoms with Gasteiger partial charge in [0.15, 0.2) is 0 Å². The molecule has 0 aliphatic carbocycles. The molecule has 5 atom stereocenters. The van der Waals surface area contributed by atoms with Crippen molar-refractivity contribution >= 4 is 41.4 Å². The molecule has 8 N–H and O–H groups in total. The highest BCUT2D eigenvalue weighted by Crippen LogP contribution is 2.25. The molecule has 0 spiro atoms. The number of H-pyrrole nitrogens is 1. The van der Waals surface area contributed by atoms with Crippen LogP contribution >= 0.6 is 0 Å². The molecule has 1 aromatic heterocycles. The van der Waals surface area contributed by atoms with E-state index in [1.54, 1.807) is 6.20 Å². The molecule has 246 valence electrons. The zero-order chi connectivity index (χ0) is 32.7. The zero-order valence-electron chi connectivity index (χ0n) is 25.0. The third kappa shape index (κ3) is 8.14. The van der Waals surface area contributed by atoms with E-state index >= 15 is 0 Å². The Bertz CT molecular complexity index is 1290. The Morgan fingerprint density at radius 3 is 2.24 bits per heavy atom. The van der Waals surface area contributed by atoms with Gasteiger partial charge in [-0.3, -0.25) is 28.8 Å². The summed E-state index contributed by atoms with van der Waals surface area (Å²) in [6.07, 6.45) is 5.58. The first-order valence-electron chi connectivity index (χ1n) is 15.2. The number of carbonyl (C=O) groups excluding carboxylic acids is 6. The van der Waals surface area contributed by atoms with Crippen LogP contribution in [0.15, 0.2) is 12.5 Å². The highest BCUT2D eigenvalue weighted by atomic mass is 16.4. The van der Waals surface area contributed by atoms with Gasteiger partial charge in [0.05, 0.1) is 18.9 Å². The Labute approximate surface area is 259 Å². The number of amides is 6. The number of hydrogen-bond donors (Lipinski definition) is 6. The van der Waals surface area contributed by atoms with Crippen LogP contribution in [0.2, 0.25) is 0 Å². The largest absolute Gasteiger partial charge is 0.480 e. The van der Waals surface area contributed by atoms with Crippen molar-refractivity contribution in [2.24, 2.45) is 11.5 Å². The maximum atomic E-state index is 13.3. The van der Waals surface area contributed by atoms with E-state index in [4.69, 9.17) is 11.5 Å². The maximum absolute atomic E-state index is 13.3. The molecule has 3 saturated heterocycles. The van der Waals surface area contributed by atoms with Crippen molar-refractivity contribution in [2.45, 2.75) is 88.0 Å². The van der Waals surface area contributed by atoms with E-state index < -0.39 is 78.2 Å². The lowest BCUT2D eigenvalue weighted by molar-refractivity contribution is -0.151. The number of aromatic nitrogens is 2. The summed E-state index contributed by atoms with van der Waals surface area (Å²) in [7, 11) is 0. The van der Waals surface area contributed by atoms with Crippen LogP contribution in [0.1, 0.15) is 57.1 Å². The Balaban J connectivity index is 1.35. The number of aliphatic carboxylic acids is 1. The normalized spacial score (nSPS) is 22.6. The summed E-state index contributed by atoms with van der Waals surface area (Å²) >= 11 is 0. The topological polar surface area (TPSA) is 254 Å². The molecule has 17 nitrogen and oxygen atoms in total. The fourth-order valence-corrected chi connectivity index (χ4v) is 6.25. The molecule has 4 heterocycles. The standard InChI is InChI=1S/C28H41N9O8/c29-17(12-16-13-31-15-33-16)26(42)36-10-1-4-19(36)25(41)34-18(7-8-22(30)38)24(40)32-14-23(39)35-9-2-5-20(35)27(43)37-11-3-6-21(37)28(44)45/h13,15,17-21H,1-12,14,29H2,(H2,30,38)(H,31,33)(H,32,40)(H,34,41)(H,44,45)/t17-,18-,19-,20-,21-/m0/s1. The van der Waals surface area contributed by atoms with Gasteiger partial charge in [0.1, 0.15) is 24.2 Å². The number of rotatable bonds is 13. The van der Waals surface area contributed by atoms with Crippen molar-refractivity contribution in [3.63, 3.8) is 0 Å². The van der Waals surface area contributed by atoms with Crippen LogP contribution < -0.4 is 22.1 Å². The first-order valence-corrected chi connectivity index (χ1v) is 15.2. The van der Waals surface area contributed by atoms with Gasteiger partial charge in [-0.2, -0.15) is 0 Å². The van der Waals surface area contributed by atoms with Crippen molar-refractivity contribution in [1.29, 1.82) is 0 Å². The second-order valence-corrected chi connectivity index (χ2v) is 11.6. The minimum atomic E-state index is -1.23. The number of carbonyl (C=O) groups is 7. The number of nitrogens with two attached hydrogens (primary N) is 2. The van der Waals surface area contributed by atoms with E-state index in [0.717, 1.165) is 0 Å². The lowest BCUT2D eigenvalue weighted by Gasteiger charge is -2.30. The van der Waals surface area contributed by atoms with E-state index in [-0.39, 0.29) is 25.8 Å². The summed E-state index contributed by atoms with van der Waals surface area (Å²) in [5.41, 5.74) is 12.1. The number of likely N-dealkylation sites (tertiary alicyclic amines) is 3. The molecule has 0 saturated carbocycles. The van der Waals surface area contributed by atoms with Gasteiger partial charge in [0.2, 0.25) is 35.4 Å². The number of carboxylic acid groups (broad SMARTS) is 1. The van der Waals surface area contributed by atoms with Crippen LogP contribution in [0.5, 0.6) is 0 Å². The number of imidazole rings is 1. The summed E-state index contributed by atoms with van der Waals surface area (Å²) in [6, 6.07) is -4.79. The minimum absolute atomic E-state index is 0.141. The third-order valence-corrected chi connectivity index (χ3v) is 8.56. The van der Waals surface area contributed by atoms with E-state index in [1.807, 2.05) is 0 Å². The maximum Gasteiger partial charge on any atom is 0.326 e. The molecule has 4 rings (SSSR count). The predicted octanol–water partition coefficient (Wildman–Crippen LogP) is -2.80. The monoisotopic (exact) mass is 631 g/mol. The molecule has 1 aromatic rings. The van der Waals surface area contributed by atoms with Gasteiger partial charge in [-0.1, -0.05) is 0 Å². The summed E-state index contributed by atoms with van der Waals surface area (Å²) in [5, 5.41) is 14.6. The van der Waals surface area contributed by atoms with Crippen molar-refractivity contribution in [3.05, 3.63) is 18.2 Å². The van der Waals surface area contributed by atoms with Crippen LogP contribution in [-0.4, -0.2) is 128 Å². The first kappa shape index (κ1) is 33.4. The van der Waals surface area contributed by atoms with Gasteiger partial charge in [-0.15, -0.1) is 0 Å². The molecule has 3 aliphatic rings. The molecular formula is C28H41N9O8. The molecule has 0 bridgehead atoms. The van der Waals surface area contributed by atoms with Crippen LogP contribution in [-0.2, 0) is 40.0 Å². The summed E-state index contributed by atoms with van der Waals surface area (Å²) in [6.45, 7) is 0.393. The van der Waals surface area contributed by atoms with Crippen molar-refractivity contribution in [2.75, 3.05) is 26.2 Å². The molecule has 45 heavy (non-hydrogen) atoms. The Morgan fingerprint density at radius 2 is 1.60 bits per heavy atom. The second kappa shape index (κ2) is 15.0. The molecule has 3 aliphatic heterocycles. The first-order chi connectivity index (χ1) is 21.5. The molecule has 0 radical (unpaired) electrons. The van der Waals surface area contributed by atoms with Crippen LogP contribution in [0.3, 0.4) is 0 Å². The summed E-state index contributed by atoms with van der Waals surface area (Å²) in [4.78, 5) is 99.7. The van der Waals surface area contributed by atoms with Crippen molar-refractivity contribution in [3.8, 4) is 0 Å². The Morgan fingerprint density at radius 1 is 0.956 bits per heavy atom. The number of aromatic amines is 1. The van der Waals surface area contributed by atoms with Gasteiger partial charge in [-0.05, 0) is 44.9 Å². The summed E-state index contributed by atoms with van der Waals surface area (Å²) < 4.78 is 0. The second-order valence-electron chi connectivity index (χ2n) is 11.6. The van der Waals surface area contributed by atoms with Gasteiger partial charge < -0.3 is 46.9 Å². The fourth-order valence-electron chi connectivity index (χ4n) is 6.25. The van der Waals surface area contributed by atoms with Gasteiger partial charge in [0.25, 0.3) is 0 Å². The lowest BCUT2D eigenvalue weighted by atomic mass is 10.1. The molecule has 6 amide bonds. The highest BCUT2D eigenvalue weighted by molar-refractivity contribution is 5.96. The van der Waals surface area contributed by atoms with Gasteiger partial charge in [0, 0.05) is 44.4 Å². The van der Waals surface area contributed by atoms with Gasteiger partial charge in [-0.25, -0.2) is 9.78 Å². The Hall–Kier alpha value is -4.54. The Kier molecular flexibility index (Phi) is 11.1. The van der Waals surface area contributed by atoms with Crippen LogP contribution in [0.25, 0.3) is 0 Å². The lowest BCUT2D eigenvalue weighted by Crippen LogP contribution is -2.56. The smallest absolute Gasteiger partial charge is 0.326 e. The number of hydrogen-bond acceptors (Lipinski definition) is 9. The summed E-state index contributed by atoms with van der Waals surface area (Å²) in [5.74, 6) is -4.51. The van der Waals surface area contributed by atoms with E-state index in [2.05, 4.69) is 20.6 Å². The third-order valence-electron chi connectivity index (χ3n) is 8.56. The molecular weight excluding hydrogens is 590 g/mol. The van der Waals surface area contributed by atoms with E-state index in [0.29, 0.717) is 57.3 Å². The number of primary amides is 1. The van der Waals surface area contributed by atoms with Crippen LogP contribution in [0.4, 0.5) is 0 Å². The van der Waals surface area contributed by atoms with E-state index in [1.165, 1.54) is 21.0 Å². The molecule has 0 unspecified atom stereocenters. The molecule has 0 aromatic carbocycles. The predicted molar refractivity (Wildman–Crippen MR) is 155 cm³/mol. The van der Waals surface area contributed by atoms with Crippen molar-refractivity contribution in [1.82, 2.24) is 35.3 Å².